The van der Waals surface area contributed by atoms with E-state index in [1.165, 1.54) is 6.07 Å². The minimum Gasteiger partial charge on any atom is -0.492 e. The second kappa shape index (κ2) is 5.58. The summed E-state index contributed by atoms with van der Waals surface area (Å²) in [5.74, 6) is 0.125. The van der Waals surface area contributed by atoms with Crippen molar-refractivity contribution in [3.05, 3.63) is 26.6 Å². The molecular formula is C10H10Br2F3NO. The predicted molar refractivity (Wildman–Crippen MR) is 66.0 cm³/mol. The van der Waals surface area contributed by atoms with E-state index in [2.05, 4.69) is 31.9 Å². The van der Waals surface area contributed by atoms with E-state index in [0.29, 0.717) is 8.95 Å². The number of halogens is 5. The van der Waals surface area contributed by atoms with Gasteiger partial charge in [-0.1, -0.05) is 15.9 Å². The second-order valence-corrected chi connectivity index (χ2v) is 5.03. The second-order valence-electron chi connectivity index (χ2n) is 3.26. The molecule has 2 nitrogen and oxygen atoms in total. The van der Waals surface area contributed by atoms with Crippen molar-refractivity contribution in [2.24, 2.45) is 5.73 Å². The molecule has 17 heavy (non-hydrogen) atoms. The molecule has 0 aromatic heterocycles. The van der Waals surface area contributed by atoms with E-state index < -0.39 is 12.2 Å². The largest absolute Gasteiger partial charge is 0.492 e. The molecule has 0 aliphatic rings. The van der Waals surface area contributed by atoms with E-state index in [9.17, 15) is 13.2 Å². The van der Waals surface area contributed by atoms with Gasteiger partial charge < -0.3 is 10.5 Å². The van der Waals surface area contributed by atoms with Gasteiger partial charge >= 0.3 is 6.18 Å². The molecule has 0 bridgehead atoms. The summed E-state index contributed by atoms with van der Waals surface area (Å²) in [6.45, 7) is 1.95. The maximum atomic E-state index is 12.6. The van der Waals surface area contributed by atoms with Crippen molar-refractivity contribution in [1.29, 1.82) is 0 Å². The Bertz CT molecular complexity index is 409. The third-order valence-corrected chi connectivity index (χ3v) is 3.06. The highest BCUT2D eigenvalue weighted by Gasteiger charge is 2.40. The van der Waals surface area contributed by atoms with Gasteiger partial charge in [0, 0.05) is 10.0 Å². The standard InChI is InChI=1S/C10H10Br2F3NO/c1-2-17-8-6(9(16)10(13,14)15)3-5(11)4-7(8)12/h3-4,9H,2,16H2,1H3/t9-/m0/s1. The van der Waals surface area contributed by atoms with Crippen LogP contribution in [0.15, 0.2) is 21.1 Å². The van der Waals surface area contributed by atoms with Gasteiger partial charge in [-0.2, -0.15) is 13.2 Å². The molecule has 0 saturated heterocycles. The number of hydrogen-bond donors (Lipinski definition) is 1. The van der Waals surface area contributed by atoms with Crippen LogP contribution in [-0.2, 0) is 0 Å². The zero-order valence-electron chi connectivity index (χ0n) is 8.81. The summed E-state index contributed by atoms with van der Waals surface area (Å²) >= 11 is 6.28. The van der Waals surface area contributed by atoms with E-state index in [-0.39, 0.29) is 17.9 Å². The topological polar surface area (TPSA) is 35.2 Å². The number of benzene rings is 1. The van der Waals surface area contributed by atoms with Crippen molar-refractivity contribution in [3.8, 4) is 5.75 Å². The first-order valence-corrected chi connectivity index (χ1v) is 6.30. The summed E-state index contributed by atoms with van der Waals surface area (Å²) in [5, 5.41) is 0. The van der Waals surface area contributed by atoms with Gasteiger partial charge in [-0.15, -0.1) is 0 Å². The van der Waals surface area contributed by atoms with Gasteiger partial charge in [-0.25, -0.2) is 0 Å². The molecule has 0 saturated carbocycles. The number of rotatable bonds is 3. The molecule has 0 radical (unpaired) electrons. The number of nitrogens with two attached hydrogens (primary N) is 1. The molecule has 0 aliphatic carbocycles. The Hall–Kier alpha value is -0.270. The van der Waals surface area contributed by atoms with Crippen LogP contribution >= 0.6 is 31.9 Å². The Morgan fingerprint density at radius 2 is 1.94 bits per heavy atom. The first-order chi connectivity index (χ1) is 7.77. The number of ether oxygens (including phenoxy) is 1. The summed E-state index contributed by atoms with van der Waals surface area (Å²) in [5.41, 5.74) is 5.10. The first-order valence-electron chi connectivity index (χ1n) is 4.71. The quantitative estimate of drug-likeness (QED) is 0.859. The molecule has 96 valence electrons. The van der Waals surface area contributed by atoms with Crippen LogP contribution in [0.3, 0.4) is 0 Å². The SMILES string of the molecule is CCOc1c(Br)cc(Br)cc1[C@H](N)C(F)(F)F. The molecule has 1 aromatic carbocycles. The molecular weight excluding hydrogens is 367 g/mol. The molecule has 0 heterocycles. The van der Waals surface area contributed by atoms with Crippen molar-refractivity contribution in [2.75, 3.05) is 6.61 Å². The van der Waals surface area contributed by atoms with Crippen LogP contribution < -0.4 is 10.5 Å². The lowest BCUT2D eigenvalue weighted by atomic mass is 10.1. The van der Waals surface area contributed by atoms with Crippen molar-refractivity contribution in [3.63, 3.8) is 0 Å². The summed E-state index contributed by atoms with van der Waals surface area (Å²) in [6.07, 6.45) is -4.51. The van der Waals surface area contributed by atoms with Gasteiger partial charge in [0.25, 0.3) is 0 Å². The maximum absolute atomic E-state index is 12.6. The van der Waals surface area contributed by atoms with Crippen LogP contribution in [0, 0.1) is 0 Å². The summed E-state index contributed by atoms with van der Waals surface area (Å²) < 4.78 is 43.9. The van der Waals surface area contributed by atoms with E-state index in [4.69, 9.17) is 10.5 Å². The van der Waals surface area contributed by atoms with Crippen molar-refractivity contribution >= 4 is 31.9 Å². The molecule has 0 fully saturated rings. The summed E-state index contributed by atoms with van der Waals surface area (Å²) in [7, 11) is 0. The summed E-state index contributed by atoms with van der Waals surface area (Å²) in [6, 6.07) is 0.851. The van der Waals surface area contributed by atoms with Crippen LogP contribution in [0.2, 0.25) is 0 Å². The summed E-state index contributed by atoms with van der Waals surface area (Å²) in [4.78, 5) is 0. The third kappa shape index (κ3) is 3.59. The van der Waals surface area contributed by atoms with Gasteiger partial charge in [0.15, 0.2) is 0 Å². The molecule has 1 rings (SSSR count). The Morgan fingerprint density at radius 1 is 1.35 bits per heavy atom. The van der Waals surface area contributed by atoms with Crippen molar-refractivity contribution in [2.45, 2.75) is 19.1 Å². The molecule has 0 amide bonds. The highest BCUT2D eigenvalue weighted by atomic mass is 79.9. The molecule has 0 spiro atoms. The van der Waals surface area contributed by atoms with E-state index in [0.717, 1.165) is 0 Å². The van der Waals surface area contributed by atoms with Crippen molar-refractivity contribution in [1.82, 2.24) is 0 Å². The minimum absolute atomic E-state index is 0.0967. The van der Waals surface area contributed by atoms with Crippen LogP contribution in [-0.4, -0.2) is 12.8 Å². The highest BCUT2D eigenvalue weighted by Crippen LogP contribution is 2.41. The third-order valence-electron chi connectivity index (χ3n) is 2.01. The monoisotopic (exact) mass is 375 g/mol. The Balaban J connectivity index is 3.29. The van der Waals surface area contributed by atoms with Gasteiger partial charge in [-0.3, -0.25) is 0 Å². The Morgan fingerprint density at radius 3 is 2.41 bits per heavy atom. The molecule has 1 atom stereocenters. The van der Waals surface area contributed by atoms with E-state index >= 15 is 0 Å². The lowest BCUT2D eigenvalue weighted by molar-refractivity contribution is -0.149. The number of hydrogen-bond acceptors (Lipinski definition) is 2. The zero-order chi connectivity index (χ0) is 13.2. The van der Waals surface area contributed by atoms with E-state index in [1.54, 1.807) is 13.0 Å². The Labute approximate surface area is 114 Å². The first kappa shape index (κ1) is 14.8. The molecule has 0 aliphatic heterocycles. The van der Waals surface area contributed by atoms with Gasteiger partial charge in [0.2, 0.25) is 0 Å². The van der Waals surface area contributed by atoms with Crippen LogP contribution in [0.5, 0.6) is 5.75 Å². The van der Waals surface area contributed by atoms with Crippen molar-refractivity contribution < 1.29 is 17.9 Å². The maximum Gasteiger partial charge on any atom is 0.407 e. The minimum atomic E-state index is -4.51. The lowest BCUT2D eigenvalue weighted by Crippen LogP contribution is -2.29. The lowest BCUT2D eigenvalue weighted by Gasteiger charge is -2.20. The van der Waals surface area contributed by atoms with Crippen LogP contribution in [0.25, 0.3) is 0 Å². The molecule has 0 unspecified atom stereocenters. The van der Waals surface area contributed by atoms with Crippen LogP contribution in [0.4, 0.5) is 13.2 Å². The Kier molecular flexibility index (Phi) is 4.86. The molecule has 1 aromatic rings. The van der Waals surface area contributed by atoms with E-state index in [1.807, 2.05) is 0 Å². The normalized spacial score (nSPS) is 13.6. The smallest absolute Gasteiger partial charge is 0.407 e. The fourth-order valence-corrected chi connectivity index (χ4v) is 2.66. The van der Waals surface area contributed by atoms with Gasteiger partial charge in [-0.05, 0) is 35.0 Å². The highest BCUT2D eigenvalue weighted by molar-refractivity contribution is 9.11. The van der Waals surface area contributed by atoms with Gasteiger partial charge in [0.05, 0.1) is 11.1 Å². The fourth-order valence-electron chi connectivity index (χ4n) is 1.28. The molecule has 7 heteroatoms. The van der Waals surface area contributed by atoms with Crippen LogP contribution in [0.1, 0.15) is 18.5 Å². The fraction of sp³-hybridized carbons (Fsp3) is 0.400. The average Bonchev–Trinajstić information content (AvgIpc) is 2.19. The average molecular weight is 377 g/mol. The number of alkyl halides is 3. The van der Waals surface area contributed by atoms with Gasteiger partial charge in [0.1, 0.15) is 11.8 Å². The molecule has 2 N–H and O–H groups in total. The predicted octanol–water partition coefficient (Wildman–Crippen LogP) is 4.17. The zero-order valence-corrected chi connectivity index (χ0v) is 12.0.